The zero-order valence-electron chi connectivity index (χ0n) is 12.3. The Morgan fingerprint density at radius 1 is 1.04 bits per heavy atom. The van der Waals surface area contributed by atoms with Crippen LogP contribution in [0.1, 0.15) is 22.8 Å². The van der Waals surface area contributed by atoms with Gasteiger partial charge in [0, 0.05) is 5.69 Å². The second kappa shape index (κ2) is 6.21. The summed E-state index contributed by atoms with van der Waals surface area (Å²) in [4.78, 5) is 22.3. The van der Waals surface area contributed by atoms with Crippen LogP contribution in [0.15, 0.2) is 18.2 Å². The molecule has 5 nitrogen and oxygen atoms in total. The third-order valence-electron chi connectivity index (χ3n) is 3.22. The van der Waals surface area contributed by atoms with Crippen molar-refractivity contribution in [2.75, 3.05) is 5.32 Å². The van der Waals surface area contributed by atoms with Crippen molar-refractivity contribution in [3.05, 3.63) is 29.3 Å². The van der Waals surface area contributed by atoms with Crippen LogP contribution in [-0.4, -0.2) is 35.0 Å². The van der Waals surface area contributed by atoms with Crippen molar-refractivity contribution in [2.24, 2.45) is 0 Å². The second-order valence-corrected chi connectivity index (χ2v) is 5.03. The summed E-state index contributed by atoms with van der Waals surface area (Å²) in [7, 11) is 0. The van der Waals surface area contributed by atoms with Crippen LogP contribution in [0.3, 0.4) is 0 Å². The Hall–Kier alpha value is -2.46. The van der Waals surface area contributed by atoms with E-state index in [1.807, 2.05) is 5.32 Å². The molecule has 2 amide bonds. The topological polar surface area (TPSA) is 78.4 Å². The Morgan fingerprint density at radius 3 is 1.92 bits per heavy atom. The van der Waals surface area contributed by atoms with E-state index < -0.39 is 29.9 Å². The first-order valence-electron chi connectivity index (χ1n) is 6.25. The number of carbonyl (C=O) groups excluding carboxylic acids is 1. The molecule has 1 rings (SSSR count). The van der Waals surface area contributed by atoms with Crippen molar-refractivity contribution in [3.8, 4) is 0 Å². The largest absolute Gasteiger partial charge is 0.478 e. The van der Waals surface area contributed by atoms with Gasteiger partial charge in [-0.15, -0.1) is 0 Å². The number of carbonyl (C=O) groups is 2. The van der Waals surface area contributed by atoms with Crippen LogP contribution in [0.2, 0.25) is 0 Å². The third-order valence-corrected chi connectivity index (χ3v) is 3.22. The minimum Gasteiger partial charge on any atom is -0.478 e. The summed E-state index contributed by atoms with van der Waals surface area (Å²) >= 11 is 0. The second-order valence-electron chi connectivity index (χ2n) is 5.03. The van der Waals surface area contributed by atoms with Crippen molar-refractivity contribution in [3.63, 3.8) is 0 Å². The summed E-state index contributed by atoms with van der Waals surface area (Å²) in [6.45, 7) is 1.13. The van der Waals surface area contributed by atoms with Crippen LogP contribution in [0.25, 0.3) is 0 Å². The van der Waals surface area contributed by atoms with Crippen molar-refractivity contribution in [1.29, 1.82) is 0 Å². The molecule has 3 N–H and O–H groups in total. The Morgan fingerprint density at radius 2 is 1.54 bits per heavy atom. The lowest BCUT2D eigenvalue weighted by molar-refractivity contribution is -0.297. The number of benzene rings is 1. The molecule has 0 aromatic heterocycles. The number of rotatable bonds is 3. The summed E-state index contributed by atoms with van der Waals surface area (Å²) in [5.41, 5.74) is -4.59. The van der Waals surface area contributed by atoms with E-state index in [1.54, 1.807) is 0 Å². The van der Waals surface area contributed by atoms with Crippen LogP contribution >= 0.6 is 0 Å². The van der Waals surface area contributed by atoms with Crippen LogP contribution in [0, 0.1) is 6.92 Å². The molecule has 0 fully saturated rings. The van der Waals surface area contributed by atoms with Crippen LogP contribution in [0.4, 0.5) is 36.8 Å². The van der Waals surface area contributed by atoms with E-state index in [4.69, 9.17) is 5.11 Å². The molecule has 0 aliphatic rings. The number of nitrogens with one attached hydrogen (secondary N) is 2. The van der Waals surface area contributed by atoms with Crippen molar-refractivity contribution < 1.29 is 41.0 Å². The maximum atomic E-state index is 12.7. The van der Waals surface area contributed by atoms with Crippen molar-refractivity contribution >= 4 is 17.7 Å². The van der Waals surface area contributed by atoms with Gasteiger partial charge in [-0.2, -0.15) is 26.3 Å². The predicted molar refractivity (Wildman–Crippen MR) is 70.8 cm³/mol. The highest BCUT2D eigenvalue weighted by molar-refractivity contribution is 5.93. The predicted octanol–water partition coefficient (Wildman–Crippen LogP) is 3.70. The lowest BCUT2D eigenvalue weighted by Crippen LogP contribution is -2.66. The highest BCUT2D eigenvalue weighted by Crippen LogP contribution is 2.42. The number of alkyl halides is 6. The average molecular weight is 358 g/mol. The van der Waals surface area contributed by atoms with Crippen LogP contribution in [-0.2, 0) is 0 Å². The number of amides is 2. The molecule has 0 bridgehead atoms. The number of aryl methyl sites for hydroxylation is 1. The number of carboxylic acid groups (broad SMARTS) is 1. The number of hydrogen-bond acceptors (Lipinski definition) is 2. The fourth-order valence-corrected chi connectivity index (χ4v) is 1.62. The number of anilines is 1. The maximum Gasteiger partial charge on any atom is 0.420 e. The smallest absolute Gasteiger partial charge is 0.420 e. The molecule has 0 saturated carbocycles. The summed E-state index contributed by atoms with van der Waals surface area (Å²) < 4.78 is 76.2. The molecule has 0 aliphatic heterocycles. The summed E-state index contributed by atoms with van der Waals surface area (Å²) in [6.07, 6.45) is -11.5. The highest BCUT2D eigenvalue weighted by atomic mass is 19.4. The highest BCUT2D eigenvalue weighted by Gasteiger charge is 2.68. The average Bonchev–Trinajstić information content (AvgIpc) is 2.38. The first-order chi connectivity index (χ1) is 10.7. The lowest BCUT2D eigenvalue weighted by atomic mass is 10.0. The zero-order valence-corrected chi connectivity index (χ0v) is 12.3. The van der Waals surface area contributed by atoms with Crippen molar-refractivity contribution in [1.82, 2.24) is 5.32 Å². The van der Waals surface area contributed by atoms with Gasteiger partial charge in [0.25, 0.3) is 0 Å². The molecule has 11 heteroatoms. The number of hydrogen-bond donors (Lipinski definition) is 3. The minimum atomic E-state index is -5.77. The Bertz CT molecular complexity index is 640. The maximum absolute atomic E-state index is 12.7. The normalized spacial score (nSPS) is 12.7. The number of halogens is 6. The minimum absolute atomic E-state index is 0.135. The van der Waals surface area contributed by atoms with Gasteiger partial charge in [-0.3, -0.25) is 0 Å². The molecule has 134 valence electrons. The van der Waals surface area contributed by atoms with Crippen LogP contribution in [0.5, 0.6) is 0 Å². The first kappa shape index (κ1) is 19.6. The van der Waals surface area contributed by atoms with Gasteiger partial charge in [0.1, 0.15) is 0 Å². The Balaban J connectivity index is 3.02. The molecule has 24 heavy (non-hydrogen) atoms. The molecule has 0 saturated heterocycles. The summed E-state index contributed by atoms with van der Waals surface area (Å²) in [5, 5.41) is 11.5. The molecule has 0 heterocycles. The van der Waals surface area contributed by atoms with Gasteiger partial charge in [-0.25, -0.2) is 9.59 Å². The van der Waals surface area contributed by atoms with E-state index in [9.17, 15) is 35.9 Å². The molecule has 0 radical (unpaired) electrons. The number of urea groups is 1. The summed E-state index contributed by atoms with van der Waals surface area (Å²) in [6, 6.07) is 1.46. The van der Waals surface area contributed by atoms with Crippen LogP contribution < -0.4 is 10.6 Å². The van der Waals surface area contributed by atoms with E-state index in [0.29, 0.717) is 0 Å². The Labute approximate surface area is 131 Å². The molecule has 1 aromatic rings. The molecular formula is C13H12F6N2O3. The molecule has 0 atom stereocenters. The molecular weight excluding hydrogens is 346 g/mol. The third kappa shape index (κ3) is 3.89. The quantitative estimate of drug-likeness (QED) is 0.721. The standard InChI is InChI=1S/C13H12F6N2O3/c1-6-5-7(9(22)23)3-4-8(6)20-10(24)21-11(2,12(14,15)16)13(17,18)19/h3-5H,1-2H3,(H,22,23)(H2,20,21,24). The molecule has 0 spiro atoms. The van der Waals surface area contributed by atoms with Gasteiger partial charge >= 0.3 is 24.4 Å². The van der Waals surface area contributed by atoms with Gasteiger partial charge < -0.3 is 15.7 Å². The fraction of sp³-hybridized carbons (Fsp3) is 0.385. The van der Waals surface area contributed by atoms with Gasteiger partial charge in [0.05, 0.1) is 5.56 Å². The monoisotopic (exact) mass is 358 g/mol. The SMILES string of the molecule is Cc1cc(C(=O)O)ccc1NC(=O)NC(C)(C(F)(F)F)C(F)(F)F. The van der Waals surface area contributed by atoms with E-state index >= 15 is 0 Å². The van der Waals surface area contributed by atoms with Gasteiger partial charge in [0.15, 0.2) is 0 Å². The fourth-order valence-electron chi connectivity index (χ4n) is 1.62. The first-order valence-corrected chi connectivity index (χ1v) is 6.25. The van der Waals surface area contributed by atoms with E-state index in [0.717, 1.165) is 23.5 Å². The number of aromatic carboxylic acids is 1. The number of carboxylic acids is 1. The van der Waals surface area contributed by atoms with Gasteiger partial charge in [-0.05, 0) is 37.6 Å². The Kier molecular flexibility index (Phi) is 5.07. The van der Waals surface area contributed by atoms with E-state index in [2.05, 4.69) is 0 Å². The van der Waals surface area contributed by atoms with E-state index in [-0.39, 0.29) is 23.7 Å². The van der Waals surface area contributed by atoms with Crippen molar-refractivity contribution in [2.45, 2.75) is 31.7 Å². The molecule has 0 unspecified atom stereocenters. The lowest BCUT2D eigenvalue weighted by Gasteiger charge is -2.34. The van der Waals surface area contributed by atoms with E-state index in [1.165, 1.54) is 6.92 Å². The molecule has 0 aliphatic carbocycles. The van der Waals surface area contributed by atoms with Gasteiger partial charge in [0.2, 0.25) is 5.54 Å². The zero-order chi connectivity index (χ0) is 18.9. The van der Waals surface area contributed by atoms with Gasteiger partial charge in [-0.1, -0.05) is 0 Å². The molecule has 1 aromatic carbocycles. The summed E-state index contributed by atoms with van der Waals surface area (Å²) in [5.74, 6) is -1.28.